The van der Waals surface area contributed by atoms with Crippen molar-refractivity contribution in [2.24, 2.45) is 0 Å². The van der Waals surface area contributed by atoms with E-state index in [2.05, 4.69) is 36.3 Å². The minimum Gasteiger partial charge on any atom is -0.380 e. The van der Waals surface area contributed by atoms with E-state index in [9.17, 15) is 0 Å². The minimum absolute atomic E-state index is 0.216. The van der Waals surface area contributed by atoms with Gasteiger partial charge < -0.3 is 14.6 Å². The van der Waals surface area contributed by atoms with E-state index in [0.717, 1.165) is 6.54 Å². The zero-order valence-corrected chi connectivity index (χ0v) is 9.84. The molecule has 0 saturated heterocycles. The SMILES string of the molecule is COC(C)C(C)NC(C)Cn1cnnc1. The average molecular weight is 212 g/mol. The molecule has 1 heterocycles. The molecule has 0 bridgehead atoms. The van der Waals surface area contributed by atoms with E-state index in [-0.39, 0.29) is 6.10 Å². The Balaban J connectivity index is 2.32. The van der Waals surface area contributed by atoms with Crippen molar-refractivity contribution in [3.63, 3.8) is 0 Å². The van der Waals surface area contributed by atoms with Crippen LogP contribution < -0.4 is 5.32 Å². The summed E-state index contributed by atoms with van der Waals surface area (Å²) in [5.41, 5.74) is 0. The molecule has 15 heavy (non-hydrogen) atoms. The second kappa shape index (κ2) is 5.82. The molecule has 1 rings (SSSR count). The molecule has 0 aliphatic carbocycles. The third-order valence-corrected chi connectivity index (χ3v) is 2.57. The normalized spacial score (nSPS) is 17.3. The van der Waals surface area contributed by atoms with Crippen LogP contribution in [-0.2, 0) is 11.3 Å². The van der Waals surface area contributed by atoms with Crippen LogP contribution in [0.15, 0.2) is 12.7 Å². The van der Waals surface area contributed by atoms with Gasteiger partial charge in [-0.3, -0.25) is 0 Å². The molecule has 0 radical (unpaired) electrons. The molecule has 0 amide bonds. The number of nitrogens with zero attached hydrogens (tertiary/aromatic N) is 3. The molecule has 0 fully saturated rings. The lowest BCUT2D eigenvalue weighted by atomic mass is 10.2. The lowest BCUT2D eigenvalue weighted by Gasteiger charge is -2.24. The summed E-state index contributed by atoms with van der Waals surface area (Å²) < 4.78 is 7.21. The zero-order valence-electron chi connectivity index (χ0n) is 9.84. The first kappa shape index (κ1) is 12.1. The largest absolute Gasteiger partial charge is 0.380 e. The number of hydrogen-bond donors (Lipinski definition) is 1. The van der Waals surface area contributed by atoms with E-state index in [0.29, 0.717) is 12.1 Å². The molecule has 1 N–H and O–H groups in total. The third kappa shape index (κ3) is 3.97. The van der Waals surface area contributed by atoms with Gasteiger partial charge in [-0.15, -0.1) is 10.2 Å². The Morgan fingerprint density at radius 1 is 1.27 bits per heavy atom. The van der Waals surface area contributed by atoms with Gasteiger partial charge in [0.2, 0.25) is 0 Å². The fourth-order valence-electron chi connectivity index (χ4n) is 1.47. The van der Waals surface area contributed by atoms with Gasteiger partial charge in [0.05, 0.1) is 6.10 Å². The number of hydrogen-bond acceptors (Lipinski definition) is 4. The van der Waals surface area contributed by atoms with Gasteiger partial charge in [0.15, 0.2) is 0 Å². The van der Waals surface area contributed by atoms with Gasteiger partial charge in [0.1, 0.15) is 12.7 Å². The lowest BCUT2D eigenvalue weighted by molar-refractivity contribution is 0.0843. The van der Waals surface area contributed by atoms with Crippen molar-refractivity contribution in [3.05, 3.63) is 12.7 Å². The smallest absolute Gasteiger partial charge is 0.119 e. The Bertz CT molecular complexity index is 262. The first-order valence-corrected chi connectivity index (χ1v) is 5.24. The predicted molar refractivity (Wildman–Crippen MR) is 58.6 cm³/mol. The van der Waals surface area contributed by atoms with E-state index in [4.69, 9.17) is 4.74 Å². The molecular weight excluding hydrogens is 192 g/mol. The van der Waals surface area contributed by atoms with Crippen LogP contribution in [0.2, 0.25) is 0 Å². The summed E-state index contributed by atoms with van der Waals surface area (Å²) >= 11 is 0. The number of methoxy groups -OCH3 is 1. The second-order valence-electron chi connectivity index (χ2n) is 3.96. The molecule has 5 nitrogen and oxygen atoms in total. The van der Waals surface area contributed by atoms with Crippen LogP contribution in [0.3, 0.4) is 0 Å². The fourth-order valence-corrected chi connectivity index (χ4v) is 1.47. The Morgan fingerprint density at radius 3 is 2.40 bits per heavy atom. The monoisotopic (exact) mass is 212 g/mol. The highest BCUT2D eigenvalue weighted by Gasteiger charge is 2.13. The van der Waals surface area contributed by atoms with E-state index < -0.39 is 0 Å². The highest BCUT2D eigenvalue weighted by molar-refractivity contribution is 4.74. The number of aromatic nitrogens is 3. The molecule has 1 aromatic rings. The Morgan fingerprint density at radius 2 is 1.87 bits per heavy atom. The van der Waals surface area contributed by atoms with Gasteiger partial charge in [0.25, 0.3) is 0 Å². The van der Waals surface area contributed by atoms with Crippen LogP contribution in [0.25, 0.3) is 0 Å². The van der Waals surface area contributed by atoms with E-state index in [1.54, 1.807) is 19.8 Å². The Labute approximate surface area is 90.8 Å². The summed E-state index contributed by atoms with van der Waals surface area (Å²) in [5, 5.41) is 11.0. The maximum atomic E-state index is 5.25. The van der Waals surface area contributed by atoms with Crippen LogP contribution >= 0.6 is 0 Å². The van der Waals surface area contributed by atoms with Crippen molar-refractivity contribution in [1.82, 2.24) is 20.1 Å². The molecule has 1 aromatic heterocycles. The number of rotatable bonds is 6. The first-order chi connectivity index (χ1) is 7.13. The van der Waals surface area contributed by atoms with E-state index in [1.165, 1.54) is 0 Å². The molecule has 0 aliphatic rings. The molecule has 0 saturated carbocycles. The standard InChI is InChI=1S/C10H20N4O/c1-8(5-14-6-11-12-7-14)13-9(2)10(3)15-4/h6-10,13H,5H2,1-4H3. The highest BCUT2D eigenvalue weighted by atomic mass is 16.5. The molecule has 0 aromatic carbocycles. The van der Waals surface area contributed by atoms with Crippen LogP contribution in [0, 0.1) is 0 Å². The zero-order chi connectivity index (χ0) is 11.3. The summed E-state index contributed by atoms with van der Waals surface area (Å²) in [6.45, 7) is 7.19. The van der Waals surface area contributed by atoms with Crippen molar-refractivity contribution >= 4 is 0 Å². The fraction of sp³-hybridized carbons (Fsp3) is 0.800. The average Bonchev–Trinajstić information content (AvgIpc) is 2.68. The third-order valence-electron chi connectivity index (χ3n) is 2.57. The lowest BCUT2D eigenvalue weighted by Crippen LogP contribution is -2.43. The quantitative estimate of drug-likeness (QED) is 0.753. The molecule has 0 aliphatic heterocycles. The van der Waals surface area contributed by atoms with Crippen LogP contribution in [-0.4, -0.2) is 40.1 Å². The minimum atomic E-state index is 0.216. The number of ether oxygens (including phenoxy) is 1. The van der Waals surface area contributed by atoms with Crippen LogP contribution in [0.4, 0.5) is 0 Å². The molecule has 86 valence electrons. The Kier molecular flexibility index (Phi) is 4.71. The van der Waals surface area contributed by atoms with Gasteiger partial charge in [-0.05, 0) is 20.8 Å². The maximum Gasteiger partial charge on any atom is 0.119 e. The molecule has 0 spiro atoms. The summed E-state index contributed by atoms with van der Waals surface area (Å²) in [6, 6.07) is 0.704. The molecule has 3 atom stereocenters. The van der Waals surface area contributed by atoms with Crippen molar-refractivity contribution < 1.29 is 4.74 Å². The molecule has 3 unspecified atom stereocenters. The van der Waals surface area contributed by atoms with Crippen molar-refractivity contribution in [2.45, 2.75) is 45.5 Å². The molecular formula is C10H20N4O. The summed E-state index contributed by atoms with van der Waals surface area (Å²) in [6.07, 6.45) is 3.67. The van der Waals surface area contributed by atoms with Crippen LogP contribution in [0.5, 0.6) is 0 Å². The van der Waals surface area contributed by atoms with Gasteiger partial charge in [-0.25, -0.2) is 0 Å². The summed E-state index contributed by atoms with van der Waals surface area (Å²) in [5.74, 6) is 0. The van der Waals surface area contributed by atoms with Crippen molar-refractivity contribution in [2.75, 3.05) is 7.11 Å². The van der Waals surface area contributed by atoms with Crippen LogP contribution in [0.1, 0.15) is 20.8 Å². The van der Waals surface area contributed by atoms with Crippen molar-refractivity contribution in [1.29, 1.82) is 0 Å². The van der Waals surface area contributed by atoms with Gasteiger partial charge in [-0.2, -0.15) is 0 Å². The Hall–Kier alpha value is -0.940. The van der Waals surface area contributed by atoms with Gasteiger partial charge >= 0.3 is 0 Å². The topological polar surface area (TPSA) is 52.0 Å². The second-order valence-corrected chi connectivity index (χ2v) is 3.96. The predicted octanol–water partition coefficient (Wildman–Crippen LogP) is 0.680. The highest BCUT2D eigenvalue weighted by Crippen LogP contribution is 1.99. The molecule has 5 heteroatoms. The first-order valence-electron chi connectivity index (χ1n) is 5.24. The van der Waals surface area contributed by atoms with Crippen molar-refractivity contribution in [3.8, 4) is 0 Å². The summed E-state index contributed by atoms with van der Waals surface area (Å²) in [7, 11) is 1.73. The van der Waals surface area contributed by atoms with E-state index >= 15 is 0 Å². The van der Waals surface area contributed by atoms with E-state index in [1.807, 2.05) is 4.57 Å². The summed E-state index contributed by atoms with van der Waals surface area (Å²) in [4.78, 5) is 0. The van der Waals surface area contributed by atoms with Gasteiger partial charge in [-0.1, -0.05) is 0 Å². The maximum absolute atomic E-state index is 5.25. The number of nitrogens with one attached hydrogen (secondary N) is 1. The van der Waals surface area contributed by atoms with Gasteiger partial charge in [0, 0.05) is 25.7 Å².